The first kappa shape index (κ1) is 20.8. The van der Waals surface area contributed by atoms with E-state index in [0.717, 1.165) is 0 Å². The molecule has 26 heavy (non-hydrogen) atoms. The minimum Gasteiger partial charge on any atom is -0.469 e. The Hall–Kier alpha value is -3.20. The van der Waals surface area contributed by atoms with Crippen LogP contribution in [0.1, 0.15) is 30.9 Å². The van der Waals surface area contributed by atoms with Crippen LogP contribution in [0.4, 0.5) is 5.69 Å². The second-order valence-corrected chi connectivity index (χ2v) is 5.98. The van der Waals surface area contributed by atoms with Crippen molar-refractivity contribution in [3.8, 4) is 6.07 Å². The summed E-state index contributed by atoms with van der Waals surface area (Å²) in [7, 11) is 1.29. The molecule has 6 nitrogen and oxygen atoms in total. The molecule has 1 atom stereocenters. The molecule has 2 rings (SSSR count). The van der Waals surface area contributed by atoms with Gasteiger partial charge in [-0.25, -0.2) is 0 Å². The van der Waals surface area contributed by atoms with E-state index in [1.54, 1.807) is 19.1 Å². The van der Waals surface area contributed by atoms with Crippen molar-refractivity contribution in [2.45, 2.75) is 32.1 Å². The molecule has 0 amide bonds. The van der Waals surface area contributed by atoms with Gasteiger partial charge in [-0.3, -0.25) is 14.9 Å². The highest BCUT2D eigenvalue weighted by Gasteiger charge is 2.28. The molecule has 0 saturated carbocycles. The number of nitro benzene ring substituents is 1. The monoisotopic (exact) mass is 354 g/mol. The summed E-state index contributed by atoms with van der Waals surface area (Å²) in [5, 5.41) is 19.8. The topological polar surface area (TPSA) is 93.2 Å². The molecule has 2 aromatic rings. The van der Waals surface area contributed by atoms with Gasteiger partial charge >= 0.3 is 5.97 Å². The van der Waals surface area contributed by atoms with Crippen LogP contribution in [-0.4, -0.2) is 18.0 Å². The van der Waals surface area contributed by atoms with Gasteiger partial charge in [0.2, 0.25) is 0 Å². The molecule has 2 aromatic carbocycles. The number of benzene rings is 2. The van der Waals surface area contributed by atoms with Crippen molar-refractivity contribution in [3.63, 3.8) is 0 Å². The van der Waals surface area contributed by atoms with Crippen LogP contribution in [0.5, 0.6) is 0 Å². The maximum atomic E-state index is 11.1. The summed E-state index contributed by atoms with van der Waals surface area (Å²) in [6.45, 7) is 3.77. The van der Waals surface area contributed by atoms with Gasteiger partial charge < -0.3 is 4.74 Å². The van der Waals surface area contributed by atoms with E-state index in [1.165, 1.54) is 24.8 Å². The third kappa shape index (κ3) is 6.36. The van der Waals surface area contributed by atoms with Gasteiger partial charge in [-0.1, -0.05) is 48.0 Å². The summed E-state index contributed by atoms with van der Waals surface area (Å²) in [6.07, 6.45) is 0.422. The number of non-ortho nitro benzene ring substituents is 1. The third-order valence-electron chi connectivity index (χ3n) is 3.96. The Morgan fingerprint density at radius 3 is 2.15 bits per heavy atom. The molecule has 1 unspecified atom stereocenters. The van der Waals surface area contributed by atoms with E-state index < -0.39 is 10.3 Å². The standard InChI is InChI=1S/C13H14N2O4.C7H8/c1-13(9-14,8-7-12(16)19-2)10-3-5-11(6-4-10)15(17)18;1-7-5-3-2-4-6-7/h3-6H,7-8H2,1-2H3;2-6H,1H3. The number of nitrogens with zero attached hydrogens (tertiary/aromatic N) is 2. The minimum absolute atomic E-state index is 0.0305. The number of carbonyl (C=O) groups is 1. The highest BCUT2D eigenvalue weighted by molar-refractivity contribution is 5.69. The average molecular weight is 354 g/mol. The molecule has 0 heterocycles. The van der Waals surface area contributed by atoms with Crippen molar-refractivity contribution in [2.24, 2.45) is 0 Å². The Kier molecular flexibility index (Phi) is 7.97. The molecule has 0 spiro atoms. The fraction of sp³-hybridized carbons (Fsp3) is 0.300. The summed E-state index contributed by atoms with van der Waals surface area (Å²) in [6, 6.07) is 18.2. The zero-order valence-electron chi connectivity index (χ0n) is 15.1. The predicted octanol–water partition coefficient (Wildman–Crippen LogP) is 4.32. The zero-order chi connectivity index (χ0) is 19.6. The number of rotatable bonds is 5. The number of hydrogen-bond donors (Lipinski definition) is 0. The lowest BCUT2D eigenvalue weighted by molar-refractivity contribution is -0.384. The van der Waals surface area contributed by atoms with Crippen molar-refractivity contribution in [1.82, 2.24) is 0 Å². The Labute approximate surface area is 153 Å². The lowest BCUT2D eigenvalue weighted by atomic mass is 9.80. The van der Waals surface area contributed by atoms with Gasteiger partial charge in [0.25, 0.3) is 5.69 Å². The Morgan fingerprint density at radius 2 is 1.77 bits per heavy atom. The second-order valence-electron chi connectivity index (χ2n) is 5.98. The van der Waals surface area contributed by atoms with E-state index in [0.29, 0.717) is 12.0 Å². The molecular formula is C20H22N2O4. The maximum absolute atomic E-state index is 11.1. The number of hydrogen-bond acceptors (Lipinski definition) is 5. The summed E-state index contributed by atoms with van der Waals surface area (Å²) < 4.78 is 4.54. The van der Waals surface area contributed by atoms with Gasteiger partial charge in [0.05, 0.1) is 23.5 Å². The van der Waals surface area contributed by atoms with Gasteiger partial charge in [0, 0.05) is 18.6 Å². The first-order valence-electron chi connectivity index (χ1n) is 8.07. The molecule has 0 aliphatic heterocycles. The van der Waals surface area contributed by atoms with Gasteiger partial charge in [0.1, 0.15) is 0 Å². The van der Waals surface area contributed by atoms with E-state index in [-0.39, 0.29) is 18.1 Å². The summed E-state index contributed by atoms with van der Waals surface area (Å²) in [5.74, 6) is -0.386. The van der Waals surface area contributed by atoms with E-state index in [4.69, 9.17) is 0 Å². The van der Waals surface area contributed by atoms with Gasteiger partial charge in [0.15, 0.2) is 0 Å². The Morgan fingerprint density at radius 1 is 1.19 bits per heavy atom. The van der Waals surface area contributed by atoms with Gasteiger partial charge in [-0.15, -0.1) is 0 Å². The molecule has 0 radical (unpaired) electrons. The van der Waals surface area contributed by atoms with E-state index in [2.05, 4.69) is 29.9 Å². The summed E-state index contributed by atoms with van der Waals surface area (Å²) in [4.78, 5) is 21.2. The summed E-state index contributed by atoms with van der Waals surface area (Å²) in [5.41, 5.74) is 1.06. The fourth-order valence-electron chi connectivity index (χ4n) is 2.20. The van der Waals surface area contributed by atoms with Crippen LogP contribution >= 0.6 is 0 Å². The van der Waals surface area contributed by atoms with Crippen molar-refractivity contribution in [2.75, 3.05) is 7.11 Å². The average Bonchev–Trinajstić information content (AvgIpc) is 2.67. The smallest absolute Gasteiger partial charge is 0.305 e. The molecule has 0 aromatic heterocycles. The first-order chi connectivity index (χ1) is 12.3. The van der Waals surface area contributed by atoms with Crippen molar-refractivity contribution in [1.29, 1.82) is 5.26 Å². The van der Waals surface area contributed by atoms with Crippen LogP contribution in [0, 0.1) is 28.4 Å². The zero-order valence-corrected chi connectivity index (χ0v) is 15.1. The van der Waals surface area contributed by atoms with Crippen LogP contribution < -0.4 is 0 Å². The van der Waals surface area contributed by atoms with Crippen LogP contribution in [-0.2, 0) is 14.9 Å². The minimum atomic E-state index is -0.872. The molecular weight excluding hydrogens is 332 g/mol. The maximum Gasteiger partial charge on any atom is 0.305 e. The Bertz CT molecular complexity index is 767. The van der Waals surface area contributed by atoms with Crippen molar-refractivity contribution < 1.29 is 14.5 Å². The largest absolute Gasteiger partial charge is 0.469 e. The van der Waals surface area contributed by atoms with Crippen LogP contribution in [0.25, 0.3) is 0 Å². The van der Waals surface area contributed by atoms with E-state index in [9.17, 15) is 20.2 Å². The molecule has 0 aliphatic carbocycles. The molecule has 0 bridgehead atoms. The van der Waals surface area contributed by atoms with Crippen molar-refractivity contribution in [3.05, 3.63) is 75.8 Å². The fourth-order valence-corrected chi connectivity index (χ4v) is 2.20. The Balaban J connectivity index is 0.000000401. The number of esters is 1. The number of nitriles is 1. The molecule has 0 aliphatic rings. The first-order valence-corrected chi connectivity index (χ1v) is 8.07. The third-order valence-corrected chi connectivity index (χ3v) is 3.96. The van der Waals surface area contributed by atoms with Crippen LogP contribution in [0.3, 0.4) is 0 Å². The van der Waals surface area contributed by atoms with E-state index in [1.807, 2.05) is 18.2 Å². The highest BCUT2D eigenvalue weighted by Crippen LogP contribution is 2.29. The lowest BCUT2D eigenvalue weighted by Crippen LogP contribution is -2.21. The van der Waals surface area contributed by atoms with Crippen LogP contribution in [0.2, 0.25) is 0 Å². The number of carbonyl (C=O) groups excluding carboxylic acids is 1. The lowest BCUT2D eigenvalue weighted by Gasteiger charge is -2.21. The molecule has 0 N–H and O–H groups in total. The van der Waals surface area contributed by atoms with Crippen molar-refractivity contribution >= 4 is 11.7 Å². The van der Waals surface area contributed by atoms with Gasteiger partial charge in [-0.05, 0) is 25.8 Å². The summed E-state index contributed by atoms with van der Waals surface area (Å²) >= 11 is 0. The number of methoxy groups -OCH3 is 1. The quantitative estimate of drug-likeness (QED) is 0.453. The predicted molar refractivity (Wildman–Crippen MR) is 98.5 cm³/mol. The molecule has 0 saturated heterocycles. The number of nitro groups is 1. The number of aryl methyl sites for hydroxylation is 1. The molecule has 6 heteroatoms. The number of ether oxygens (including phenoxy) is 1. The van der Waals surface area contributed by atoms with Gasteiger partial charge in [-0.2, -0.15) is 5.26 Å². The van der Waals surface area contributed by atoms with Crippen LogP contribution in [0.15, 0.2) is 54.6 Å². The van der Waals surface area contributed by atoms with E-state index >= 15 is 0 Å². The normalized spacial score (nSPS) is 11.9. The SMILES string of the molecule is COC(=O)CCC(C)(C#N)c1ccc([N+](=O)[O-])cc1.Cc1ccccc1. The highest BCUT2D eigenvalue weighted by atomic mass is 16.6. The second kappa shape index (κ2) is 9.94. The molecule has 0 fully saturated rings. The molecule has 136 valence electrons.